The molecule has 0 spiro atoms. The highest BCUT2D eigenvalue weighted by molar-refractivity contribution is 6.31. The number of nitrogens with one attached hydrogen (secondary N) is 1. The second-order valence-electron chi connectivity index (χ2n) is 5.60. The summed E-state index contributed by atoms with van der Waals surface area (Å²) in [6.07, 6.45) is 4.56. The molecule has 18 heavy (non-hydrogen) atoms. The minimum absolute atomic E-state index is 0.536. The van der Waals surface area contributed by atoms with Crippen molar-refractivity contribution in [2.24, 2.45) is 13.0 Å². The van der Waals surface area contributed by atoms with Crippen LogP contribution < -0.4 is 5.32 Å². The van der Waals surface area contributed by atoms with Crippen molar-refractivity contribution in [1.29, 1.82) is 0 Å². The van der Waals surface area contributed by atoms with Crippen molar-refractivity contribution in [2.75, 3.05) is 0 Å². The number of rotatable bonds is 6. The largest absolute Gasteiger partial charge is 0.311 e. The van der Waals surface area contributed by atoms with Gasteiger partial charge in [-0.15, -0.1) is 0 Å². The van der Waals surface area contributed by atoms with Crippen LogP contribution in [-0.2, 0) is 19.9 Å². The van der Waals surface area contributed by atoms with Gasteiger partial charge in [0.2, 0.25) is 0 Å². The first-order valence-electron chi connectivity index (χ1n) is 6.99. The van der Waals surface area contributed by atoms with E-state index in [1.54, 1.807) is 0 Å². The third kappa shape index (κ3) is 3.07. The summed E-state index contributed by atoms with van der Waals surface area (Å²) in [6, 6.07) is 1.30. The van der Waals surface area contributed by atoms with Gasteiger partial charge in [0.05, 0.1) is 16.4 Å². The van der Waals surface area contributed by atoms with Crippen LogP contribution in [0, 0.1) is 5.92 Å². The number of hydrogen-bond acceptors (Lipinski definition) is 2. The summed E-state index contributed by atoms with van der Waals surface area (Å²) >= 11 is 6.39. The predicted molar refractivity (Wildman–Crippen MR) is 76.1 cm³/mol. The van der Waals surface area contributed by atoms with Gasteiger partial charge in [-0.1, -0.05) is 25.4 Å². The maximum Gasteiger partial charge on any atom is 0.0849 e. The first-order valence-corrected chi connectivity index (χ1v) is 7.37. The first-order chi connectivity index (χ1) is 8.52. The molecule has 3 nitrogen and oxygen atoms in total. The SMILES string of the molecule is CCc1nn(C)c(CC(C)C(C)NC2CC2)c1Cl. The summed E-state index contributed by atoms with van der Waals surface area (Å²) in [7, 11) is 1.99. The lowest BCUT2D eigenvalue weighted by atomic mass is 9.97. The average Bonchev–Trinajstić information content (AvgIpc) is 3.10. The standard InChI is InChI=1S/C14H24ClN3/c1-5-12-14(15)13(18(4)17-12)8-9(2)10(3)16-11-6-7-11/h9-11,16H,5-8H2,1-4H3. The van der Waals surface area contributed by atoms with E-state index in [-0.39, 0.29) is 0 Å². The molecule has 2 unspecified atom stereocenters. The normalized spacial score (nSPS) is 18.9. The predicted octanol–water partition coefficient (Wildman–Crippen LogP) is 2.96. The van der Waals surface area contributed by atoms with Gasteiger partial charge < -0.3 is 5.32 Å². The molecule has 1 aliphatic carbocycles. The minimum atomic E-state index is 0.536. The van der Waals surface area contributed by atoms with E-state index in [0.717, 1.165) is 29.6 Å². The summed E-state index contributed by atoms with van der Waals surface area (Å²) in [6.45, 7) is 6.65. The molecule has 2 rings (SSSR count). The highest BCUT2D eigenvalue weighted by Crippen LogP contribution is 2.26. The van der Waals surface area contributed by atoms with Crippen molar-refractivity contribution in [1.82, 2.24) is 15.1 Å². The summed E-state index contributed by atoms with van der Waals surface area (Å²) in [4.78, 5) is 0. The average molecular weight is 270 g/mol. The van der Waals surface area contributed by atoms with Gasteiger partial charge in [-0.2, -0.15) is 5.10 Å². The molecule has 1 aromatic rings. The molecule has 102 valence electrons. The van der Waals surface area contributed by atoms with Crippen molar-refractivity contribution in [3.63, 3.8) is 0 Å². The Balaban J connectivity index is 2.00. The van der Waals surface area contributed by atoms with Crippen LogP contribution in [0.4, 0.5) is 0 Å². The fourth-order valence-electron chi connectivity index (χ4n) is 2.31. The van der Waals surface area contributed by atoms with Crippen LogP contribution in [-0.4, -0.2) is 21.9 Å². The van der Waals surface area contributed by atoms with E-state index in [4.69, 9.17) is 11.6 Å². The topological polar surface area (TPSA) is 29.9 Å². The lowest BCUT2D eigenvalue weighted by Crippen LogP contribution is -2.35. The smallest absolute Gasteiger partial charge is 0.0849 e. The van der Waals surface area contributed by atoms with Crippen LogP contribution in [0.25, 0.3) is 0 Å². The molecule has 1 N–H and O–H groups in total. The first kappa shape index (κ1) is 13.9. The molecule has 1 saturated carbocycles. The molecule has 0 aromatic carbocycles. The van der Waals surface area contributed by atoms with Gasteiger partial charge in [0, 0.05) is 19.1 Å². The van der Waals surface area contributed by atoms with Gasteiger partial charge in [-0.05, 0) is 38.5 Å². The fraction of sp³-hybridized carbons (Fsp3) is 0.786. The zero-order valence-corrected chi connectivity index (χ0v) is 12.6. The van der Waals surface area contributed by atoms with Crippen LogP contribution in [0.2, 0.25) is 5.02 Å². The molecule has 1 aromatic heterocycles. The number of hydrogen-bond donors (Lipinski definition) is 1. The van der Waals surface area contributed by atoms with E-state index in [0.29, 0.717) is 12.0 Å². The highest BCUT2D eigenvalue weighted by Gasteiger charge is 2.26. The van der Waals surface area contributed by atoms with E-state index in [9.17, 15) is 0 Å². The monoisotopic (exact) mass is 269 g/mol. The Morgan fingerprint density at radius 1 is 1.44 bits per heavy atom. The lowest BCUT2D eigenvalue weighted by Gasteiger charge is -2.21. The van der Waals surface area contributed by atoms with E-state index in [1.807, 2.05) is 11.7 Å². The fourth-order valence-corrected chi connectivity index (χ4v) is 2.68. The van der Waals surface area contributed by atoms with Gasteiger partial charge in [-0.25, -0.2) is 0 Å². The molecule has 1 heterocycles. The number of halogens is 1. The van der Waals surface area contributed by atoms with Crippen LogP contribution in [0.15, 0.2) is 0 Å². The van der Waals surface area contributed by atoms with E-state index in [1.165, 1.54) is 18.5 Å². The lowest BCUT2D eigenvalue weighted by molar-refractivity contribution is 0.389. The zero-order valence-electron chi connectivity index (χ0n) is 11.8. The number of aromatic nitrogens is 2. The second-order valence-corrected chi connectivity index (χ2v) is 5.97. The molecule has 0 aliphatic heterocycles. The zero-order chi connectivity index (χ0) is 13.3. The van der Waals surface area contributed by atoms with Crippen LogP contribution in [0.5, 0.6) is 0 Å². The quantitative estimate of drug-likeness (QED) is 0.861. The van der Waals surface area contributed by atoms with Crippen molar-refractivity contribution >= 4 is 11.6 Å². The van der Waals surface area contributed by atoms with Crippen molar-refractivity contribution in [3.8, 4) is 0 Å². The van der Waals surface area contributed by atoms with Gasteiger partial charge in [0.15, 0.2) is 0 Å². The van der Waals surface area contributed by atoms with Crippen molar-refractivity contribution < 1.29 is 0 Å². The summed E-state index contributed by atoms with van der Waals surface area (Å²) in [5, 5.41) is 9.01. The van der Waals surface area contributed by atoms with Crippen LogP contribution >= 0.6 is 11.6 Å². The van der Waals surface area contributed by atoms with Crippen molar-refractivity contribution in [3.05, 3.63) is 16.4 Å². The van der Waals surface area contributed by atoms with Crippen LogP contribution in [0.1, 0.15) is 45.0 Å². The molecule has 1 aliphatic rings. The Labute approximate surface area is 115 Å². The molecule has 2 atom stereocenters. The van der Waals surface area contributed by atoms with Gasteiger partial charge >= 0.3 is 0 Å². The Bertz CT molecular complexity index is 409. The maximum atomic E-state index is 6.39. The highest BCUT2D eigenvalue weighted by atomic mass is 35.5. The van der Waals surface area contributed by atoms with Gasteiger partial charge in [-0.3, -0.25) is 4.68 Å². The molecular formula is C14H24ClN3. The van der Waals surface area contributed by atoms with Gasteiger partial charge in [0.1, 0.15) is 0 Å². The van der Waals surface area contributed by atoms with E-state index >= 15 is 0 Å². The summed E-state index contributed by atoms with van der Waals surface area (Å²) in [5.74, 6) is 0.572. The third-order valence-electron chi connectivity index (χ3n) is 3.95. The molecule has 0 amide bonds. The van der Waals surface area contributed by atoms with E-state index in [2.05, 4.69) is 31.2 Å². The van der Waals surface area contributed by atoms with Crippen LogP contribution in [0.3, 0.4) is 0 Å². The minimum Gasteiger partial charge on any atom is -0.311 e. The molecular weight excluding hydrogens is 246 g/mol. The molecule has 0 saturated heterocycles. The summed E-state index contributed by atoms with van der Waals surface area (Å²) < 4.78 is 1.95. The third-order valence-corrected chi connectivity index (χ3v) is 4.38. The number of aryl methyl sites for hydroxylation is 2. The second kappa shape index (κ2) is 5.62. The van der Waals surface area contributed by atoms with Gasteiger partial charge in [0.25, 0.3) is 0 Å². The maximum absolute atomic E-state index is 6.39. The van der Waals surface area contributed by atoms with E-state index < -0.39 is 0 Å². The Morgan fingerprint density at radius 3 is 2.61 bits per heavy atom. The Morgan fingerprint density at radius 2 is 2.11 bits per heavy atom. The van der Waals surface area contributed by atoms with Crippen molar-refractivity contribution in [2.45, 2.75) is 58.5 Å². The molecule has 0 bridgehead atoms. The number of nitrogens with zero attached hydrogens (tertiary/aromatic N) is 2. The Hall–Kier alpha value is -0.540. The molecule has 4 heteroatoms. The Kier molecular flexibility index (Phi) is 4.33. The summed E-state index contributed by atoms with van der Waals surface area (Å²) in [5.41, 5.74) is 2.19. The molecule has 1 fully saturated rings. The molecule has 0 radical (unpaired) electrons.